The Morgan fingerprint density at radius 2 is 2.06 bits per heavy atom. The topological polar surface area (TPSA) is 53.0 Å². The molecule has 2 fully saturated rings. The molecule has 2 N–H and O–H groups in total. The summed E-state index contributed by atoms with van der Waals surface area (Å²) >= 11 is 0. The first kappa shape index (κ1) is 11.9. The van der Waals surface area contributed by atoms with Gasteiger partial charge in [-0.15, -0.1) is 0 Å². The number of rotatable bonds is 6. The number of nitriles is 1. The van der Waals surface area contributed by atoms with Gasteiger partial charge in [-0.2, -0.15) is 5.26 Å². The molecule has 0 aromatic carbocycles. The minimum atomic E-state index is -0.584. The first-order valence-electron chi connectivity index (χ1n) is 6.60. The van der Waals surface area contributed by atoms with Crippen molar-refractivity contribution in [3.63, 3.8) is 0 Å². The lowest BCUT2D eigenvalue weighted by molar-refractivity contribution is 0.159. The van der Waals surface area contributed by atoms with E-state index in [-0.39, 0.29) is 0 Å². The molecule has 2 aliphatic rings. The number of likely N-dealkylation sites (N-methyl/N-ethyl adjacent to an activating group) is 1. The third-order valence-electron chi connectivity index (χ3n) is 4.19. The molecule has 3 heteroatoms. The number of hydrogen-bond acceptors (Lipinski definition) is 3. The van der Waals surface area contributed by atoms with Crippen LogP contribution in [0.15, 0.2) is 0 Å². The van der Waals surface area contributed by atoms with Crippen molar-refractivity contribution in [3.8, 4) is 6.07 Å². The maximum absolute atomic E-state index is 9.24. The minimum Gasteiger partial charge on any atom is -0.312 e. The largest absolute Gasteiger partial charge is 0.312 e. The van der Waals surface area contributed by atoms with E-state index in [0.717, 1.165) is 38.4 Å². The van der Waals surface area contributed by atoms with Gasteiger partial charge in [0.2, 0.25) is 0 Å². The summed E-state index contributed by atoms with van der Waals surface area (Å²) in [4.78, 5) is 2.38. The number of hydrogen-bond donors (Lipinski definition) is 1. The fourth-order valence-corrected chi connectivity index (χ4v) is 2.57. The molecule has 2 aliphatic carbocycles. The van der Waals surface area contributed by atoms with E-state index in [1.54, 1.807) is 0 Å². The van der Waals surface area contributed by atoms with Crippen LogP contribution in [0.3, 0.4) is 0 Å². The lowest BCUT2D eigenvalue weighted by atomic mass is 9.84. The van der Waals surface area contributed by atoms with Gasteiger partial charge in [-0.3, -0.25) is 0 Å². The van der Waals surface area contributed by atoms with Crippen LogP contribution in [0, 0.1) is 23.2 Å². The Morgan fingerprint density at radius 3 is 2.44 bits per heavy atom. The summed E-state index contributed by atoms with van der Waals surface area (Å²) < 4.78 is 0. The molecule has 1 unspecified atom stereocenters. The van der Waals surface area contributed by atoms with E-state index >= 15 is 0 Å². The summed E-state index contributed by atoms with van der Waals surface area (Å²) in [6.07, 6.45) is 6.40. The number of nitrogens with two attached hydrogens (primary N) is 1. The Bertz CT molecular complexity index is 275. The molecular formula is C13H23N3. The Kier molecular flexibility index (Phi) is 3.51. The SMILES string of the molecule is CCN(CC1CCC1)CC(N)(C#N)C1CC1. The molecule has 0 amide bonds. The molecule has 90 valence electrons. The zero-order valence-electron chi connectivity index (χ0n) is 10.3. The molecule has 0 aromatic rings. The van der Waals surface area contributed by atoms with Crippen molar-refractivity contribution in [2.24, 2.45) is 17.6 Å². The molecule has 0 spiro atoms. The van der Waals surface area contributed by atoms with Gasteiger partial charge in [0.05, 0.1) is 6.07 Å². The molecule has 2 rings (SSSR count). The van der Waals surface area contributed by atoms with Crippen LogP contribution in [0.4, 0.5) is 0 Å². The molecule has 0 aromatic heterocycles. The van der Waals surface area contributed by atoms with Crippen LogP contribution in [0.25, 0.3) is 0 Å². The van der Waals surface area contributed by atoms with Gasteiger partial charge in [0, 0.05) is 13.1 Å². The van der Waals surface area contributed by atoms with Crippen molar-refractivity contribution in [3.05, 3.63) is 0 Å². The molecule has 0 aliphatic heterocycles. The first-order chi connectivity index (χ1) is 7.68. The van der Waals surface area contributed by atoms with Crippen LogP contribution in [-0.4, -0.2) is 30.1 Å². The molecular weight excluding hydrogens is 198 g/mol. The lowest BCUT2D eigenvalue weighted by Crippen LogP contribution is -2.52. The standard InChI is InChI=1S/C13H23N3/c1-2-16(8-11-4-3-5-11)10-13(15,9-14)12-6-7-12/h11-12H,2-8,10,15H2,1H3. The second-order valence-corrected chi connectivity index (χ2v) is 5.55. The van der Waals surface area contributed by atoms with Crippen molar-refractivity contribution in [2.45, 2.75) is 44.6 Å². The van der Waals surface area contributed by atoms with Gasteiger partial charge in [-0.25, -0.2) is 0 Å². The molecule has 16 heavy (non-hydrogen) atoms. The highest BCUT2D eigenvalue weighted by Crippen LogP contribution is 2.38. The second kappa shape index (κ2) is 4.73. The maximum atomic E-state index is 9.24. The molecule has 0 saturated heterocycles. The third-order valence-corrected chi connectivity index (χ3v) is 4.19. The molecule has 1 atom stereocenters. The minimum absolute atomic E-state index is 0.452. The third kappa shape index (κ3) is 2.56. The normalized spacial score (nSPS) is 24.9. The highest BCUT2D eigenvalue weighted by Gasteiger charge is 2.43. The van der Waals surface area contributed by atoms with Crippen LogP contribution >= 0.6 is 0 Å². The summed E-state index contributed by atoms with van der Waals surface area (Å²) in [5, 5.41) is 9.24. The van der Waals surface area contributed by atoms with Crippen molar-refractivity contribution in [1.82, 2.24) is 4.90 Å². The average Bonchev–Trinajstić information content (AvgIpc) is 3.05. The molecule has 0 radical (unpaired) electrons. The lowest BCUT2D eigenvalue weighted by Gasteiger charge is -2.35. The summed E-state index contributed by atoms with van der Waals surface area (Å²) in [7, 11) is 0. The van der Waals surface area contributed by atoms with Crippen LogP contribution in [0.2, 0.25) is 0 Å². The zero-order valence-corrected chi connectivity index (χ0v) is 10.3. The summed E-state index contributed by atoms with van der Waals surface area (Å²) in [6, 6.07) is 2.35. The highest BCUT2D eigenvalue weighted by atomic mass is 15.1. The van der Waals surface area contributed by atoms with Crippen LogP contribution in [0.1, 0.15) is 39.0 Å². The number of nitrogens with zero attached hydrogens (tertiary/aromatic N) is 2. The van der Waals surface area contributed by atoms with Crippen LogP contribution in [-0.2, 0) is 0 Å². The van der Waals surface area contributed by atoms with Crippen LogP contribution < -0.4 is 5.73 Å². The first-order valence-corrected chi connectivity index (χ1v) is 6.60. The van der Waals surface area contributed by atoms with Gasteiger partial charge >= 0.3 is 0 Å². The van der Waals surface area contributed by atoms with Crippen molar-refractivity contribution in [1.29, 1.82) is 5.26 Å². The Labute approximate surface area is 98.6 Å². The highest BCUT2D eigenvalue weighted by molar-refractivity contribution is 5.14. The smallest absolute Gasteiger partial charge is 0.119 e. The molecule has 2 saturated carbocycles. The predicted octanol–water partition coefficient (Wildman–Crippen LogP) is 1.74. The molecule has 0 bridgehead atoms. The Balaban J connectivity index is 1.86. The van der Waals surface area contributed by atoms with Crippen LogP contribution in [0.5, 0.6) is 0 Å². The quantitative estimate of drug-likeness (QED) is 0.743. The molecule has 0 heterocycles. The van der Waals surface area contributed by atoms with E-state index in [1.807, 2.05) is 0 Å². The maximum Gasteiger partial charge on any atom is 0.119 e. The van der Waals surface area contributed by atoms with Crippen molar-refractivity contribution < 1.29 is 0 Å². The van der Waals surface area contributed by atoms with Gasteiger partial charge in [-0.1, -0.05) is 13.3 Å². The fourth-order valence-electron chi connectivity index (χ4n) is 2.57. The summed E-state index contributed by atoms with van der Waals surface area (Å²) in [5.41, 5.74) is 5.63. The van der Waals surface area contributed by atoms with E-state index < -0.39 is 5.54 Å². The average molecular weight is 221 g/mol. The summed E-state index contributed by atoms with van der Waals surface area (Å²) in [6.45, 7) is 5.10. The van der Waals surface area contributed by atoms with Gasteiger partial charge in [0.15, 0.2) is 0 Å². The summed E-state index contributed by atoms with van der Waals surface area (Å²) in [5.74, 6) is 1.31. The van der Waals surface area contributed by atoms with E-state index in [2.05, 4.69) is 17.9 Å². The second-order valence-electron chi connectivity index (χ2n) is 5.55. The van der Waals surface area contributed by atoms with Gasteiger partial charge < -0.3 is 10.6 Å². The predicted molar refractivity (Wildman–Crippen MR) is 64.7 cm³/mol. The van der Waals surface area contributed by atoms with Gasteiger partial charge in [0.25, 0.3) is 0 Å². The monoisotopic (exact) mass is 221 g/mol. The van der Waals surface area contributed by atoms with Crippen molar-refractivity contribution >= 4 is 0 Å². The van der Waals surface area contributed by atoms with E-state index in [4.69, 9.17) is 5.73 Å². The Hall–Kier alpha value is -0.590. The van der Waals surface area contributed by atoms with Gasteiger partial charge in [-0.05, 0) is 44.1 Å². The van der Waals surface area contributed by atoms with Gasteiger partial charge in [0.1, 0.15) is 5.54 Å². The van der Waals surface area contributed by atoms with E-state index in [9.17, 15) is 5.26 Å². The van der Waals surface area contributed by atoms with E-state index in [0.29, 0.717) is 5.92 Å². The fraction of sp³-hybridized carbons (Fsp3) is 0.923. The van der Waals surface area contributed by atoms with E-state index in [1.165, 1.54) is 19.3 Å². The van der Waals surface area contributed by atoms with Crippen molar-refractivity contribution in [2.75, 3.05) is 19.6 Å². The molecule has 3 nitrogen and oxygen atoms in total. The Morgan fingerprint density at radius 1 is 1.38 bits per heavy atom. The zero-order chi connectivity index (χ0) is 11.6.